The third kappa shape index (κ3) is 8.53. The molecule has 0 radical (unpaired) electrons. The number of nitrogens with two attached hydrogens (primary N) is 1. The lowest BCUT2D eigenvalue weighted by molar-refractivity contribution is -0.115. The molecule has 0 aliphatic carbocycles. The summed E-state index contributed by atoms with van der Waals surface area (Å²) >= 11 is 1.44. The van der Waals surface area contributed by atoms with Gasteiger partial charge in [-0.15, -0.1) is 0 Å². The summed E-state index contributed by atoms with van der Waals surface area (Å²) in [7, 11) is 2.21. The highest BCUT2D eigenvalue weighted by atomic mass is 32.2. The summed E-state index contributed by atoms with van der Waals surface area (Å²) in [6, 6.07) is 10.0. The number of piperidine rings is 1. The largest absolute Gasteiger partial charge is 0.387 e. The zero-order chi connectivity index (χ0) is 27.2. The quantitative estimate of drug-likeness (QED) is 0.237. The van der Waals surface area contributed by atoms with Crippen LogP contribution in [0.1, 0.15) is 60.3 Å². The molecule has 10 heteroatoms. The second kappa shape index (κ2) is 12.5. The number of nitrogens with one attached hydrogen (secondary N) is 2. The Labute approximate surface area is 224 Å². The van der Waals surface area contributed by atoms with E-state index in [1.54, 1.807) is 6.92 Å². The zero-order valence-corrected chi connectivity index (χ0v) is 23.7. The number of hydrogen-bond donors (Lipinski definition) is 3. The second-order valence-electron chi connectivity index (χ2n) is 10.5. The van der Waals surface area contributed by atoms with Crippen LogP contribution in [0.3, 0.4) is 0 Å². The van der Waals surface area contributed by atoms with Crippen molar-refractivity contribution >= 4 is 46.5 Å². The number of amidine groups is 1. The van der Waals surface area contributed by atoms with E-state index in [0.29, 0.717) is 41.4 Å². The summed E-state index contributed by atoms with van der Waals surface area (Å²) in [5.74, 6) is 1.66. The van der Waals surface area contributed by atoms with Crippen molar-refractivity contribution < 1.29 is 4.79 Å². The van der Waals surface area contributed by atoms with Gasteiger partial charge in [-0.3, -0.25) is 9.69 Å². The van der Waals surface area contributed by atoms with Gasteiger partial charge in [-0.2, -0.15) is 0 Å². The van der Waals surface area contributed by atoms with Crippen LogP contribution in [0.2, 0.25) is 0 Å². The Balaban J connectivity index is 1.82. The first-order chi connectivity index (χ1) is 17.4. The summed E-state index contributed by atoms with van der Waals surface area (Å²) in [5, 5.41) is 11.2. The molecule has 0 unspecified atom stereocenters. The molecule has 0 saturated carbocycles. The molecule has 1 aromatic heterocycles. The SMILES string of the molecule is CCC(=O)Nc1ccc(Sc2nc(N=C(N)CC(C)=N)cc(N3CCC(N(C)C(C)(C)C)CC3)n2)cc1. The van der Waals surface area contributed by atoms with Gasteiger partial charge >= 0.3 is 0 Å². The van der Waals surface area contributed by atoms with E-state index in [4.69, 9.17) is 16.1 Å². The van der Waals surface area contributed by atoms with Crippen LogP contribution in [-0.4, -0.2) is 64.0 Å². The van der Waals surface area contributed by atoms with Gasteiger partial charge in [-0.25, -0.2) is 15.0 Å². The van der Waals surface area contributed by atoms with Crippen LogP contribution in [0.5, 0.6) is 0 Å². The maximum absolute atomic E-state index is 11.7. The van der Waals surface area contributed by atoms with Gasteiger partial charge in [0.05, 0.1) is 0 Å². The summed E-state index contributed by atoms with van der Waals surface area (Å²) < 4.78 is 0. The molecule has 1 aromatic carbocycles. The third-order valence-corrected chi connectivity index (χ3v) is 7.32. The Morgan fingerprint density at radius 3 is 2.46 bits per heavy atom. The molecule has 0 atom stereocenters. The minimum absolute atomic E-state index is 0.0193. The first kappa shape index (κ1) is 28.6. The number of nitrogens with zero attached hydrogens (tertiary/aromatic N) is 5. The predicted octanol–water partition coefficient (Wildman–Crippen LogP) is 5.09. The van der Waals surface area contributed by atoms with Gasteiger partial charge < -0.3 is 21.4 Å². The zero-order valence-electron chi connectivity index (χ0n) is 22.8. The number of carbonyl (C=O) groups is 1. The van der Waals surface area contributed by atoms with Crippen molar-refractivity contribution in [2.75, 3.05) is 30.4 Å². The van der Waals surface area contributed by atoms with E-state index in [1.165, 1.54) is 11.8 Å². The molecule has 37 heavy (non-hydrogen) atoms. The molecule has 2 aromatic rings. The van der Waals surface area contributed by atoms with Crippen molar-refractivity contribution in [2.24, 2.45) is 10.7 Å². The monoisotopic (exact) mass is 524 g/mol. The second-order valence-corrected chi connectivity index (χ2v) is 11.5. The van der Waals surface area contributed by atoms with Crippen LogP contribution in [0.4, 0.5) is 17.3 Å². The average molecular weight is 525 g/mol. The van der Waals surface area contributed by atoms with Crippen LogP contribution in [-0.2, 0) is 4.79 Å². The minimum Gasteiger partial charge on any atom is -0.387 e. The highest BCUT2D eigenvalue weighted by Crippen LogP contribution is 2.31. The molecule has 2 heterocycles. The molecule has 3 rings (SSSR count). The fraction of sp³-hybridized carbons (Fsp3) is 0.519. The molecule has 0 spiro atoms. The Morgan fingerprint density at radius 1 is 1.24 bits per heavy atom. The van der Waals surface area contributed by atoms with Crippen LogP contribution in [0.15, 0.2) is 45.4 Å². The van der Waals surface area contributed by atoms with Crippen LogP contribution >= 0.6 is 11.8 Å². The standard InChI is InChI=1S/C27H40N8OS/c1-7-25(36)30-19-8-10-21(11-9-19)37-26-32-23(31-22(29)16-18(2)28)17-24(33-26)35-14-12-20(13-15-35)34(6)27(3,4)5/h8-11,17,20,28H,7,12-16H2,1-6H3,(H,30,36)(H2,29,31,32,33). The van der Waals surface area contributed by atoms with Crippen molar-refractivity contribution in [1.29, 1.82) is 5.41 Å². The van der Waals surface area contributed by atoms with Gasteiger partial charge in [0.2, 0.25) is 5.91 Å². The predicted molar refractivity (Wildman–Crippen MR) is 154 cm³/mol. The number of benzene rings is 1. The van der Waals surface area contributed by atoms with Crippen molar-refractivity contribution in [3.8, 4) is 0 Å². The average Bonchev–Trinajstić information content (AvgIpc) is 2.83. The highest BCUT2D eigenvalue weighted by Gasteiger charge is 2.29. The van der Waals surface area contributed by atoms with Gasteiger partial charge in [0.25, 0.3) is 0 Å². The van der Waals surface area contributed by atoms with Crippen molar-refractivity contribution in [1.82, 2.24) is 14.9 Å². The molecule has 4 N–H and O–H groups in total. The molecule has 1 saturated heterocycles. The molecule has 9 nitrogen and oxygen atoms in total. The van der Waals surface area contributed by atoms with Crippen molar-refractivity contribution in [2.45, 2.75) is 81.9 Å². The summed E-state index contributed by atoms with van der Waals surface area (Å²) in [4.78, 5) is 31.4. The van der Waals surface area contributed by atoms with E-state index in [-0.39, 0.29) is 11.4 Å². The van der Waals surface area contributed by atoms with Crippen LogP contribution in [0, 0.1) is 5.41 Å². The lowest BCUT2D eigenvalue weighted by Crippen LogP contribution is -2.50. The number of amides is 1. The maximum atomic E-state index is 11.7. The molecule has 0 bridgehead atoms. The number of carbonyl (C=O) groups excluding carboxylic acids is 1. The van der Waals surface area contributed by atoms with E-state index in [1.807, 2.05) is 37.3 Å². The number of aromatic nitrogens is 2. The third-order valence-electron chi connectivity index (χ3n) is 6.45. The maximum Gasteiger partial charge on any atom is 0.224 e. The lowest BCUT2D eigenvalue weighted by atomic mass is 9.97. The van der Waals surface area contributed by atoms with Gasteiger partial charge in [-0.1, -0.05) is 6.92 Å². The first-order valence-electron chi connectivity index (χ1n) is 12.8. The minimum atomic E-state index is -0.0193. The molecule has 1 aliphatic rings. The van der Waals surface area contributed by atoms with E-state index in [0.717, 1.165) is 42.3 Å². The smallest absolute Gasteiger partial charge is 0.224 e. The topological polar surface area (TPSA) is 124 Å². The van der Waals surface area contributed by atoms with Gasteiger partial charge in [0.15, 0.2) is 11.0 Å². The normalized spacial score (nSPS) is 15.2. The summed E-state index contributed by atoms with van der Waals surface area (Å²) in [6.45, 7) is 12.1. The summed E-state index contributed by atoms with van der Waals surface area (Å²) in [6.07, 6.45) is 2.85. The van der Waals surface area contributed by atoms with Crippen molar-refractivity contribution in [3.05, 3.63) is 30.3 Å². The van der Waals surface area contributed by atoms with Gasteiger partial charge in [-0.05, 0) is 83.6 Å². The lowest BCUT2D eigenvalue weighted by Gasteiger charge is -2.43. The van der Waals surface area contributed by atoms with E-state index < -0.39 is 0 Å². The highest BCUT2D eigenvalue weighted by molar-refractivity contribution is 7.99. The number of hydrogen-bond acceptors (Lipinski definition) is 8. The molecule has 1 amide bonds. The molecular weight excluding hydrogens is 484 g/mol. The van der Waals surface area contributed by atoms with Crippen LogP contribution < -0.4 is 16.0 Å². The first-order valence-corrected chi connectivity index (χ1v) is 13.6. The number of aliphatic imine (C=N–C) groups is 1. The molecule has 1 aliphatic heterocycles. The Hall–Kier alpha value is -2.98. The summed E-state index contributed by atoms with van der Waals surface area (Å²) in [5.41, 5.74) is 7.43. The Morgan fingerprint density at radius 2 is 1.89 bits per heavy atom. The van der Waals surface area contributed by atoms with Crippen molar-refractivity contribution in [3.63, 3.8) is 0 Å². The molecule has 1 fully saturated rings. The van der Waals surface area contributed by atoms with Crippen LogP contribution in [0.25, 0.3) is 0 Å². The Kier molecular flexibility index (Phi) is 9.67. The number of rotatable bonds is 9. The van der Waals surface area contributed by atoms with E-state index >= 15 is 0 Å². The molecule has 200 valence electrons. The van der Waals surface area contributed by atoms with Gasteiger partial charge in [0, 0.05) is 59.9 Å². The fourth-order valence-electron chi connectivity index (χ4n) is 4.12. The molecular formula is C27H40N8OS. The fourth-order valence-corrected chi connectivity index (χ4v) is 4.88. The van der Waals surface area contributed by atoms with E-state index in [9.17, 15) is 4.79 Å². The Bertz CT molecular complexity index is 1120. The number of anilines is 2. The van der Waals surface area contributed by atoms with Gasteiger partial charge in [0.1, 0.15) is 11.7 Å². The van der Waals surface area contributed by atoms with E-state index in [2.05, 4.69) is 52.9 Å².